The summed E-state index contributed by atoms with van der Waals surface area (Å²) in [7, 11) is 2.69. The fourth-order valence-corrected chi connectivity index (χ4v) is 3.13. The van der Waals surface area contributed by atoms with Crippen molar-refractivity contribution in [1.29, 1.82) is 0 Å². The van der Waals surface area contributed by atoms with Gasteiger partial charge in [0.25, 0.3) is 5.91 Å². The molecule has 1 aromatic carbocycles. The van der Waals surface area contributed by atoms with Gasteiger partial charge in [0.1, 0.15) is 18.2 Å². The number of amides is 3. The summed E-state index contributed by atoms with van der Waals surface area (Å²) in [6.07, 6.45) is -0.411. The van der Waals surface area contributed by atoms with E-state index >= 15 is 0 Å². The van der Waals surface area contributed by atoms with Crippen molar-refractivity contribution in [3.63, 3.8) is 0 Å². The number of carbonyl (C=O) groups is 4. The minimum absolute atomic E-state index is 0.138. The standard InChI is InChI=1S/C21H29N3O6/c1-21(2,3)30-20(28)23(4)13-17(25)24-12-15(11-16(24)19(27)29-5)22-18(26)14-9-7-6-8-10-14/h6-10,15-16H,11-13H2,1-5H3,(H,22,26). The van der Waals surface area contributed by atoms with Crippen molar-refractivity contribution in [2.24, 2.45) is 0 Å². The topological polar surface area (TPSA) is 105 Å². The molecule has 9 nitrogen and oxygen atoms in total. The summed E-state index contributed by atoms with van der Waals surface area (Å²) in [6, 6.07) is 7.42. The van der Waals surface area contributed by atoms with E-state index in [4.69, 9.17) is 9.47 Å². The van der Waals surface area contributed by atoms with Crippen molar-refractivity contribution >= 4 is 23.9 Å². The van der Waals surface area contributed by atoms with Gasteiger partial charge < -0.3 is 24.6 Å². The van der Waals surface area contributed by atoms with E-state index in [1.165, 1.54) is 19.1 Å². The van der Waals surface area contributed by atoms with Crippen LogP contribution in [0.2, 0.25) is 0 Å². The number of esters is 1. The van der Waals surface area contributed by atoms with Crippen molar-refractivity contribution < 1.29 is 28.7 Å². The highest BCUT2D eigenvalue weighted by atomic mass is 16.6. The van der Waals surface area contributed by atoms with Crippen LogP contribution >= 0.6 is 0 Å². The average molecular weight is 419 g/mol. The van der Waals surface area contributed by atoms with Gasteiger partial charge in [0.2, 0.25) is 5.91 Å². The molecule has 0 aliphatic carbocycles. The predicted octanol–water partition coefficient (Wildman–Crippen LogP) is 1.43. The average Bonchev–Trinajstić information content (AvgIpc) is 3.10. The van der Waals surface area contributed by atoms with Gasteiger partial charge in [-0.3, -0.25) is 9.59 Å². The lowest BCUT2D eigenvalue weighted by Gasteiger charge is -2.27. The first-order valence-corrected chi connectivity index (χ1v) is 9.69. The molecule has 2 rings (SSSR count). The molecule has 1 aromatic rings. The van der Waals surface area contributed by atoms with Crippen molar-refractivity contribution in [2.75, 3.05) is 27.2 Å². The summed E-state index contributed by atoms with van der Waals surface area (Å²) in [5, 5.41) is 2.85. The molecule has 1 aliphatic heterocycles. The third-order valence-electron chi connectivity index (χ3n) is 4.54. The fourth-order valence-electron chi connectivity index (χ4n) is 3.13. The summed E-state index contributed by atoms with van der Waals surface area (Å²) >= 11 is 0. The SMILES string of the molecule is COC(=O)C1CC(NC(=O)c2ccccc2)CN1C(=O)CN(C)C(=O)OC(C)(C)C. The van der Waals surface area contributed by atoms with Crippen molar-refractivity contribution in [3.8, 4) is 0 Å². The molecule has 1 saturated heterocycles. The second kappa shape index (κ2) is 9.60. The van der Waals surface area contributed by atoms with Crippen LogP contribution < -0.4 is 5.32 Å². The number of hydrogen-bond acceptors (Lipinski definition) is 6. The van der Waals surface area contributed by atoms with E-state index in [1.54, 1.807) is 51.1 Å². The summed E-state index contributed by atoms with van der Waals surface area (Å²) < 4.78 is 10.1. The molecule has 0 radical (unpaired) electrons. The van der Waals surface area contributed by atoms with Crippen LogP contribution in [0.25, 0.3) is 0 Å². The lowest BCUT2D eigenvalue weighted by Crippen LogP contribution is -2.47. The Morgan fingerprint density at radius 1 is 1.17 bits per heavy atom. The van der Waals surface area contributed by atoms with E-state index in [9.17, 15) is 19.2 Å². The Balaban J connectivity index is 2.05. The Kier molecular flexibility index (Phi) is 7.42. The minimum atomic E-state index is -0.837. The highest BCUT2D eigenvalue weighted by Gasteiger charge is 2.41. The quantitative estimate of drug-likeness (QED) is 0.724. The van der Waals surface area contributed by atoms with E-state index in [0.29, 0.717) is 5.56 Å². The van der Waals surface area contributed by atoms with Gasteiger partial charge in [-0.05, 0) is 32.9 Å². The normalized spacial score (nSPS) is 18.5. The highest BCUT2D eigenvalue weighted by molar-refractivity contribution is 5.94. The molecule has 30 heavy (non-hydrogen) atoms. The molecule has 1 N–H and O–H groups in total. The zero-order valence-corrected chi connectivity index (χ0v) is 18.0. The number of ether oxygens (including phenoxy) is 2. The Bertz CT molecular complexity index is 790. The maximum atomic E-state index is 12.8. The molecular weight excluding hydrogens is 390 g/mol. The van der Waals surface area contributed by atoms with E-state index in [-0.39, 0.29) is 25.4 Å². The number of nitrogens with zero attached hydrogens (tertiary/aromatic N) is 2. The molecule has 164 valence electrons. The van der Waals surface area contributed by atoms with Crippen LogP contribution in [0.4, 0.5) is 4.79 Å². The number of likely N-dealkylation sites (N-methyl/N-ethyl adjacent to an activating group) is 1. The van der Waals surface area contributed by atoms with Crippen LogP contribution in [0.15, 0.2) is 30.3 Å². The fraction of sp³-hybridized carbons (Fsp3) is 0.524. The third kappa shape index (κ3) is 6.20. The molecule has 0 spiro atoms. The maximum absolute atomic E-state index is 12.8. The largest absolute Gasteiger partial charge is 0.467 e. The van der Waals surface area contributed by atoms with E-state index in [1.807, 2.05) is 0 Å². The van der Waals surface area contributed by atoms with Crippen molar-refractivity contribution in [3.05, 3.63) is 35.9 Å². The molecule has 1 aliphatic rings. The van der Waals surface area contributed by atoms with Crippen LogP contribution in [0.1, 0.15) is 37.6 Å². The second-order valence-electron chi connectivity index (χ2n) is 8.19. The number of likely N-dealkylation sites (tertiary alicyclic amines) is 1. The second-order valence-corrected chi connectivity index (χ2v) is 8.19. The van der Waals surface area contributed by atoms with Crippen LogP contribution in [-0.2, 0) is 19.1 Å². The maximum Gasteiger partial charge on any atom is 0.410 e. The Morgan fingerprint density at radius 3 is 2.37 bits per heavy atom. The summed E-state index contributed by atoms with van der Waals surface area (Å²) in [6.45, 7) is 5.07. The monoisotopic (exact) mass is 419 g/mol. The third-order valence-corrected chi connectivity index (χ3v) is 4.54. The van der Waals surface area contributed by atoms with Crippen molar-refractivity contribution in [2.45, 2.75) is 44.9 Å². The lowest BCUT2D eigenvalue weighted by atomic mass is 10.1. The molecule has 9 heteroatoms. The first-order valence-electron chi connectivity index (χ1n) is 9.69. The molecule has 0 aromatic heterocycles. The number of nitrogens with one attached hydrogen (secondary N) is 1. The van der Waals surface area contributed by atoms with Crippen LogP contribution in [0.5, 0.6) is 0 Å². The first-order chi connectivity index (χ1) is 14.0. The lowest BCUT2D eigenvalue weighted by molar-refractivity contribution is -0.151. The molecular formula is C21H29N3O6. The summed E-state index contributed by atoms with van der Waals surface area (Å²) in [4.78, 5) is 52.1. The molecule has 3 amide bonds. The number of carbonyl (C=O) groups excluding carboxylic acids is 4. The van der Waals surface area contributed by atoms with Gasteiger partial charge in [-0.1, -0.05) is 18.2 Å². The predicted molar refractivity (Wildman–Crippen MR) is 109 cm³/mol. The number of hydrogen-bond donors (Lipinski definition) is 1. The van der Waals surface area contributed by atoms with Gasteiger partial charge in [0.15, 0.2) is 0 Å². The summed E-state index contributed by atoms with van der Waals surface area (Å²) in [5.41, 5.74) is -0.204. The number of methoxy groups -OCH3 is 1. The smallest absolute Gasteiger partial charge is 0.410 e. The van der Waals surface area contributed by atoms with Crippen LogP contribution in [0.3, 0.4) is 0 Å². The molecule has 2 atom stereocenters. The van der Waals surface area contributed by atoms with Crippen LogP contribution in [-0.4, -0.2) is 78.6 Å². The van der Waals surface area contributed by atoms with E-state index in [2.05, 4.69) is 5.32 Å². The van der Waals surface area contributed by atoms with E-state index < -0.39 is 35.7 Å². The molecule has 1 fully saturated rings. The first kappa shape index (κ1) is 23.2. The minimum Gasteiger partial charge on any atom is -0.467 e. The Labute approximate surface area is 176 Å². The van der Waals surface area contributed by atoms with Gasteiger partial charge in [-0.15, -0.1) is 0 Å². The van der Waals surface area contributed by atoms with Crippen molar-refractivity contribution in [1.82, 2.24) is 15.1 Å². The van der Waals surface area contributed by atoms with E-state index in [0.717, 1.165) is 4.90 Å². The molecule has 2 unspecified atom stereocenters. The molecule has 0 saturated carbocycles. The number of rotatable bonds is 5. The Hall–Kier alpha value is -3.10. The summed E-state index contributed by atoms with van der Waals surface area (Å²) in [5.74, 6) is -1.29. The van der Waals surface area contributed by atoms with Gasteiger partial charge in [-0.25, -0.2) is 9.59 Å². The molecule has 1 heterocycles. The van der Waals surface area contributed by atoms with Gasteiger partial charge in [-0.2, -0.15) is 0 Å². The van der Waals surface area contributed by atoms with Gasteiger partial charge in [0.05, 0.1) is 7.11 Å². The van der Waals surface area contributed by atoms with Gasteiger partial charge in [0, 0.05) is 31.6 Å². The van der Waals surface area contributed by atoms with Gasteiger partial charge >= 0.3 is 12.1 Å². The van der Waals surface area contributed by atoms with Crippen LogP contribution in [0, 0.1) is 0 Å². The zero-order chi connectivity index (χ0) is 22.5. The number of benzene rings is 1. The zero-order valence-electron chi connectivity index (χ0n) is 18.0. The molecule has 0 bridgehead atoms. The Morgan fingerprint density at radius 2 is 1.80 bits per heavy atom. The highest BCUT2D eigenvalue weighted by Crippen LogP contribution is 2.20.